The van der Waals surface area contributed by atoms with Crippen LogP contribution in [0.25, 0.3) is 0 Å². The van der Waals surface area contributed by atoms with Crippen LogP contribution in [0.3, 0.4) is 0 Å². The van der Waals surface area contributed by atoms with Crippen LogP contribution < -0.4 is 0 Å². The van der Waals surface area contributed by atoms with Crippen LogP contribution in [-0.2, 0) is 26.1 Å². The van der Waals surface area contributed by atoms with Crippen molar-refractivity contribution in [2.24, 2.45) is 0 Å². The van der Waals surface area contributed by atoms with Gasteiger partial charge in [-0.2, -0.15) is 0 Å². The molecule has 0 heterocycles. The van der Waals surface area contributed by atoms with E-state index >= 15 is 0 Å². The summed E-state index contributed by atoms with van der Waals surface area (Å²) in [4.78, 5) is 0. The minimum atomic E-state index is 0.580. The van der Waals surface area contributed by atoms with Crippen LogP contribution in [0.5, 0.6) is 0 Å². The lowest BCUT2D eigenvalue weighted by molar-refractivity contribution is -0.904. The summed E-state index contributed by atoms with van der Waals surface area (Å²) in [6.45, 7) is 10.1. The normalized spacial score (nSPS) is 13.5. The van der Waals surface area contributed by atoms with Crippen molar-refractivity contribution >= 4 is 0 Å². The van der Waals surface area contributed by atoms with Crippen molar-refractivity contribution in [1.82, 2.24) is 0 Å². The Labute approximate surface area is 240 Å². The monoisotopic (exact) mass is 530 g/mol. The van der Waals surface area contributed by atoms with Gasteiger partial charge in [-0.05, 0) is 30.4 Å². The maximum Gasteiger partial charge on any atom is 0.104 e. The molecule has 0 saturated heterocycles. The topological polar surface area (TPSA) is 0 Å². The van der Waals surface area contributed by atoms with Crippen LogP contribution in [0, 0.1) is 6.92 Å². The first-order valence-electron chi connectivity index (χ1n) is 14.9. The second-order valence-corrected chi connectivity index (χ2v) is 14.4. The van der Waals surface area contributed by atoms with Crippen LogP contribution in [0.15, 0.2) is 72.8 Å². The molecule has 0 saturated carbocycles. The standard InChI is InChI=1S/C36H56N3/c1-30-12-14-34(15-13-30)28-38(6,7)25-10-11-32-16-18-35(19-17-32)29-39(8,9)26-24-31(2)36-22-20-33(21-23-36)27-37(3,4)5/h12-23,31H,10-11,24-29H2,1-9H3/q+3. The van der Waals surface area contributed by atoms with E-state index in [2.05, 4.69) is 136 Å². The van der Waals surface area contributed by atoms with E-state index in [9.17, 15) is 0 Å². The number of benzene rings is 3. The van der Waals surface area contributed by atoms with E-state index < -0.39 is 0 Å². The van der Waals surface area contributed by atoms with Crippen molar-refractivity contribution in [2.45, 2.75) is 58.7 Å². The molecule has 3 aromatic carbocycles. The highest BCUT2D eigenvalue weighted by Crippen LogP contribution is 2.23. The van der Waals surface area contributed by atoms with Gasteiger partial charge in [-0.15, -0.1) is 0 Å². The fourth-order valence-corrected chi connectivity index (χ4v) is 5.57. The highest BCUT2D eigenvalue weighted by Gasteiger charge is 2.19. The molecule has 3 nitrogen and oxygen atoms in total. The van der Waals surface area contributed by atoms with Gasteiger partial charge >= 0.3 is 0 Å². The van der Waals surface area contributed by atoms with E-state index in [-0.39, 0.29) is 0 Å². The SMILES string of the molecule is Cc1ccc(C[N+](C)(C)CCCc2ccc(C[N+](C)(C)CCC(C)c3ccc(C[N+](C)(C)C)cc3)cc2)cc1. The molecule has 0 amide bonds. The van der Waals surface area contributed by atoms with E-state index in [1.54, 1.807) is 0 Å². The first-order valence-corrected chi connectivity index (χ1v) is 14.9. The molecule has 3 heteroatoms. The molecule has 3 aromatic rings. The number of hydrogen-bond donors (Lipinski definition) is 0. The lowest BCUT2D eigenvalue weighted by Crippen LogP contribution is -2.40. The van der Waals surface area contributed by atoms with Gasteiger partial charge in [0, 0.05) is 29.5 Å². The lowest BCUT2D eigenvalue weighted by atomic mass is 9.96. The zero-order chi connectivity index (χ0) is 28.7. The predicted octanol–water partition coefficient (Wildman–Crippen LogP) is 7.18. The molecule has 0 N–H and O–H groups in total. The molecule has 0 fully saturated rings. The Bertz CT molecular complexity index is 1130. The number of hydrogen-bond acceptors (Lipinski definition) is 0. The number of rotatable bonds is 14. The van der Waals surface area contributed by atoms with Gasteiger partial charge in [0.25, 0.3) is 0 Å². The minimum Gasteiger partial charge on any atom is -0.327 e. The maximum atomic E-state index is 2.38. The zero-order valence-corrected chi connectivity index (χ0v) is 26.5. The van der Waals surface area contributed by atoms with Crippen LogP contribution in [-0.4, -0.2) is 75.9 Å². The van der Waals surface area contributed by atoms with Crippen LogP contribution >= 0.6 is 0 Å². The molecule has 1 unspecified atom stereocenters. The summed E-state index contributed by atoms with van der Waals surface area (Å²) in [6, 6.07) is 27.8. The molecule has 0 bridgehead atoms. The van der Waals surface area contributed by atoms with Gasteiger partial charge in [-0.25, -0.2) is 0 Å². The van der Waals surface area contributed by atoms with E-state index in [4.69, 9.17) is 0 Å². The van der Waals surface area contributed by atoms with Crippen molar-refractivity contribution < 1.29 is 13.4 Å². The van der Waals surface area contributed by atoms with Gasteiger partial charge in [0.05, 0.1) is 62.4 Å². The molecular weight excluding hydrogens is 474 g/mol. The fourth-order valence-electron chi connectivity index (χ4n) is 5.57. The van der Waals surface area contributed by atoms with Crippen LogP contribution in [0.1, 0.15) is 59.1 Å². The third-order valence-corrected chi connectivity index (χ3v) is 7.97. The third kappa shape index (κ3) is 11.3. The Morgan fingerprint density at radius 1 is 0.538 bits per heavy atom. The maximum absolute atomic E-state index is 2.38. The Hall–Kier alpha value is -2.46. The van der Waals surface area contributed by atoms with Crippen molar-refractivity contribution in [3.8, 4) is 0 Å². The summed E-state index contributed by atoms with van der Waals surface area (Å²) in [5, 5.41) is 0. The Balaban J connectivity index is 1.43. The average Bonchev–Trinajstić information content (AvgIpc) is 2.84. The lowest BCUT2D eigenvalue weighted by Gasteiger charge is -2.31. The summed E-state index contributed by atoms with van der Waals surface area (Å²) in [6.07, 6.45) is 3.57. The largest absolute Gasteiger partial charge is 0.327 e. The number of nitrogens with zero attached hydrogens (tertiary/aromatic N) is 3. The molecule has 0 aromatic heterocycles. The molecule has 0 aliphatic heterocycles. The highest BCUT2D eigenvalue weighted by atomic mass is 15.3. The van der Waals surface area contributed by atoms with Crippen LogP contribution in [0.4, 0.5) is 0 Å². The second-order valence-electron chi connectivity index (χ2n) is 14.4. The molecule has 0 spiro atoms. The summed E-state index contributed by atoms with van der Waals surface area (Å²) in [5.74, 6) is 0.580. The van der Waals surface area contributed by atoms with Crippen molar-refractivity contribution in [1.29, 1.82) is 0 Å². The van der Waals surface area contributed by atoms with E-state index in [1.807, 2.05) is 0 Å². The number of quaternary nitrogens is 3. The summed E-state index contributed by atoms with van der Waals surface area (Å²) < 4.78 is 3.02. The minimum absolute atomic E-state index is 0.580. The molecule has 0 aliphatic carbocycles. The summed E-state index contributed by atoms with van der Waals surface area (Å²) >= 11 is 0. The second kappa shape index (κ2) is 13.3. The number of aryl methyl sites for hydroxylation is 2. The van der Waals surface area contributed by atoms with Gasteiger partial charge < -0.3 is 13.4 Å². The quantitative estimate of drug-likeness (QED) is 0.194. The predicted molar refractivity (Wildman–Crippen MR) is 169 cm³/mol. The van der Waals surface area contributed by atoms with Crippen LogP contribution in [0.2, 0.25) is 0 Å². The van der Waals surface area contributed by atoms with Gasteiger partial charge in [0.2, 0.25) is 0 Å². The Morgan fingerprint density at radius 3 is 1.51 bits per heavy atom. The zero-order valence-electron chi connectivity index (χ0n) is 26.5. The Kier molecular flexibility index (Phi) is 10.6. The molecular formula is C36H56N3+3. The van der Waals surface area contributed by atoms with Crippen molar-refractivity contribution in [3.63, 3.8) is 0 Å². The molecule has 0 aliphatic rings. The molecule has 39 heavy (non-hydrogen) atoms. The van der Waals surface area contributed by atoms with Gasteiger partial charge in [0.15, 0.2) is 0 Å². The van der Waals surface area contributed by atoms with Gasteiger partial charge in [-0.3, -0.25) is 0 Å². The molecule has 1 atom stereocenters. The highest BCUT2D eigenvalue weighted by molar-refractivity contribution is 5.25. The first kappa shape index (κ1) is 31.1. The Morgan fingerprint density at radius 2 is 0.974 bits per heavy atom. The molecule has 3 rings (SSSR count). The molecule has 212 valence electrons. The van der Waals surface area contributed by atoms with E-state index in [0.29, 0.717) is 5.92 Å². The van der Waals surface area contributed by atoms with E-state index in [0.717, 1.165) is 39.5 Å². The van der Waals surface area contributed by atoms with Gasteiger partial charge in [-0.1, -0.05) is 85.3 Å². The third-order valence-electron chi connectivity index (χ3n) is 7.97. The summed E-state index contributed by atoms with van der Waals surface area (Å²) in [5.41, 5.74) is 8.55. The first-order chi connectivity index (χ1) is 18.2. The molecule has 0 radical (unpaired) electrons. The fraction of sp³-hybridized carbons (Fsp3) is 0.500. The van der Waals surface area contributed by atoms with Gasteiger partial charge in [0.1, 0.15) is 19.6 Å². The van der Waals surface area contributed by atoms with Crippen molar-refractivity contribution in [2.75, 3.05) is 62.4 Å². The van der Waals surface area contributed by atoms with E-state index in [1.165, 1.54) is 59.3 Å². The summed E-state index contributed by atoms with van der Waals surface area (Å²) in [7, 11) is 16.2. The average molecular weight is 531 g/mol. The smallest absolute Gasteiger partial charge is 0.104 e. The van der Waals surface area contributed by atoms with Crippen molar-refractivity contribution in [3.05, 3.63) is 106 Å².